The van der Waals surface area contributed by atoms with Crippen LogP contribution in [0.5, 0.6) is 5.75 Å². The first-order valence-electron chi connectivity index (χ1n) is 3.72. The van der Waals surface area contributed by atoms with Crippen LogP contribution in [0.15, 0.2) is 12.1 Å². The van der Waals surface area contributed by atoms with Crippen molar-refractivity contribution in [1.82, 2.24) is 0 Å². The summed E-state index contributed by atoms with van der Waals surface area (Å²) in [6, 6.07) is 4.47. The van der Waals surface area contributed by atoms with E-state index >= 15 is 0 Å². The number of phenols is 1. The lowest BCUT2D eigenvalue weighted by Gasteiger charge is -2.06. The molecule has 0 aliphatic carbocycles. The van der Waals surface area contributed by atoms with Gasteiger partial charge in [0.2, 0.25) is 0 Å². The van der Waals surface area contributed by atoms with Crippen LogP contribution in [-0.4, -0.2) is 16.8 Å². The summed E-state index contributed by atoms with van der Waals surface area (Å²) in [4.78, 5) is 11.2. The Morgan fingerprint density at radius 1 is 1.64 bits per heavy atom. The maximum atomic E-state index is 11.2. The zero-order valence-corrected chi connectivity index (χ0v) is 7.88. The lowest BCUT2D eigenvalue weighted by molar-refractivity contribution is 0.101. The Kier molecular flexibility index (Phi) is 2.95. The number of Topliss-reactive ketones (excluding diaryl/α,β-unsaturated/α-hetero) is 1. The molecule has 72 valence electrons. The minimum atomic E-state index is -0.501. The Labute approximate surface area is 85.5 Å². The highest BCUT2D eigenvalue weighted by molar-refractivity contribution is 6.31. The number of nitrogen functional groups attached to an aromatic ring is 1. The molecule has 0 saturated heterocycles. The van der Waals surface area contributed by atoms with Gasteiger partial charge in [0.25, 0.3) is 0 Å². The van der Waals surface area contributed by atoms with Gasteiger partial charge in [-0.2, -0.15) is 5.26 Å². The van der Waals surface area contributed by atoms with Gasteiger partial charge < -0.3 is 10.8 Å². The predicted octanol–water partition coefficient (Wildman–Crippen LogP) is 1.27. The van der Waals surface area contributed by atoms with Crippen molar-refractivity contribution in [3.8, 4) is 11.8 Å². The van der Waals surface area contributed by atoms with Crippen molar-refractivity contribution in [2.75, 3.05) is 11.6 Å². The number of hydrogen-bond donors (Lipinski definition) is 2. The molecule has 0 bridgehead atoms. The van der Waals surface area contributed by atoms with Crippen molar-refractivity contribution in [1.29, 1.82) is 5.26 Å². The van der Waals surface area contributed by atoms with Crippen LogP contribution in [0.4, 0.5) is 5.69 Å². The second kappa shape index (κ2) is 3.99. The molecule has 0 aromatic heterocycles. The first-order valence-corrected chi connectivity index (χ1v) is 4.26. The second-order valence-corrected chi connectivity index (χ2v) is 2.86. The van der Waals surface area contributed by atoms with Gasteiger partial charge >= 0.3 is 0 Å². The van der Waals surface area contributed by atoms with E-state index in [0.29, 0.717) is 0 Å². The second-order valence-electron chi connectivity index (χ2n) is 2.59. The largest absolute Gasteiger partial charge is 0.506 e. The van der Waals surface area contributed by atoms with Gasteiger partial charge in [0, 0.05) is 5.69 Å². The van der Waals surface area contributed by atoms with Crippen LogP contribution in [-0.2, 0) is 0 Å². The van der Waals surface area contributed by atoms with E-state index in [-0.39, 0.29) is 22.7 Å². The molecule has 1 aromatic rings. The minimum Gasteiger partial charge on any atom is -0.506 e. The first kappa shape index (κ1) is 10.4. The van der Waals surface area contributed by atoms with Crippen molar-refractivity contribution in [3.63, 3.8) is 0 Å². The van der Waals surface area contributed by atoms with Crippen molar-refractivity contribution >= 4 is 23.1 Å². The normalized spacial score (nSPS) is 9.43. The van der Waals surface area contributed by atoms with Crippen LogP contribution in [0.3, 0.4) is 0 Å². The molecule has 0 amide bonds. The lowest BCUT2D eigenvalue weighted by atomic mass is 10.0. The van der Waals surface area contributed by atoms with E-state index < -0.39 is 11.5 Å². The average molecular weight is 211 g/mol. The van der Waals surface area contributed by atoms with E-state index in [9.17, 15) is 9.90 Å². The minimum absolute atomic E-state index is 0.00710. The quantitative estimate of drug-likeness (QED) is 0.437. The molecular weight excluding hydrogens is 204 g/mol. The van der Waals surface area contributed by atoms with Crippen LogP contribution in [0, 0.1) is 11.3 Å². The zero-order valence-electron chi connectivity index (χ0n) is 7.12. The fourth-order valence-electron chi connectivity index (χ4n) is 1.06. The van der Waals surface area contributed by atoms with E-state index in [2.05, 4.69) is 0 Å². The third-order valence-corrected chi connectivity index (χ3v) is 1.97. The van der Waals surface area contributed by atoms with E-state index in [1.54, 1.807) is 6.07 Å². The molecular formula is C9H7ClN2O2. The number of rotatable bonds is 2. The van der Waals surface area contributed by atoms with Gasteiger partial charge in [-0.15, -0.1) is 11.6 Å². The highest BCUT2D eigenvalue weighted by Crippen LogP contribution is 2.27. The monoisotopic (exact) mass is 210 g/mol. The van der Waals surface area contributed by atoms with E-state index in [1.165, 1.54) is 12.1 Å². The summed E-state index contributed by atoms with van der Waals surface area (Å²) in [6.07, 6.45) is 0. The summed E-state index contributed by atoms with van der Waals surface area (Å²) in [5, 5.41) is 18.1. The molecule has 1 aromatic carbocycles. The highest BCUT2D eigenvalue weighted by atomic mass is 35.5. The lowest BCUT2D eigenvalue weighted by Crippen LogP contribution is -2.06. The van der Waals surface area contributed by atoms with Crippen LogP contribution in [0.1, 0.15) is 15.9 Å². The molecule has 0 spiro atoms. The fraction of sp³-hybridized carbons (Fsp3) is 0.111. The van der Waals surface area contributed by atoms with E-state index in [0.717, 1.165) is 0 Å². The van der Waals surface area contributed by atoms with Crippen molar-refractivity contribution in [3.05, 3.63) is 23.3 Å². The molecule has 0 atom stereocenters. The molecule has 0 unspecified atom stereocenters. The van der Waals surface area contributed by atoms with Crippen molar-refractivity contribution < 1.29 is 9.90 Å². The smallest absolute Gasteiger partial charge is 0.183 e. The summed E-state index contributed by atoms with van der Waals surface area (Å²) in [5.41, 5.74) is 5.51. The molecule has 0 fully saturated rings. The number of carbonyl (C=O) groups is 1. The molecule has 0 aliphatic rings. The Morgan fingerprint density at radius 3 is 2.79 bits per heavy atom. The third kappa shape index (κ3) is 1.63. The number of aromatic hydroxyl groups is 1. The first-order chi connectivity index (χ1) is 6.61. The van der Waals surface area contributed by atoms with E-state index in [1.807, 2.05) is 0 Å². The Balaban J connectivity index is 3.42. The Bertz CT molecular complexity index is 424. The van der Waals surface area contributed by atoms with Gasteiger partial charge in [0.1, 0.15) is 11.8 Å². The van der Waals surface area contributed by atoms with E-state index in [4.69, 9.17) is 22.6 Å². The van der Waals surface area contributed by atoms with Gasteiger partial charge in [-0.3, -0.25) is 4.79 Å². The molecule has 5 heteroatoms. The molecule has 0 radical (unpaired) electrons. The van der Waals surface area contributed by atoms with Gasteiger partial charge in [0.15, 0.2) is 5.78 Å². The van der Waals surface area contributed by atoms with Crippen LogP contribution >= 0.6 is 11.6 Å². The number of nitrogens with zero attached hydrogens (tertiary/aromatic N) is 1. The number of ketones is 1. The maximum absolute atomic E-state index is 11.2. The van der Waals surface area contributed by atoms with Crippen LogP contribution in [0.2, 0.25) is 0 Å². The number of halogens is 1. The van der Waals surface area contributed by atoms with Gasteiger partial charge in [-0.25, -0.2) is 0 Å². The summed E-state index contributed by atoms with van der Waals surface area (Å²) in [7, 11) is 0. The third-order valence-electron chi connectivity index (χ3n) is 1.73. The molecule has 14 heavy (non-hydrogen) atoms. The number of alkyl halides is 1. The molecule has 3 N–H and O–H groups in total. The number of benzene rings is 1. The van der Waals surface area contributed by atoms with Crippen LogP contribution < -0.4 is 5.73 Å². The summed E-state index contributed by atoms with van der Waals surface area (Å²) in [6.45, 7) is 0. The number of nitriles is 1. The molecule has 1 rings (SSSR count). The number of phenolic OH excluding ortho intramolecular Hbond substituents is 1. The fourth-order valence-corrected chi connectivity index (χ4v) is 1.19. The molecule has 0 saturated carbocycles. The zero-order chi connectivity index (χ0) is 10.7. The highest BCUT2D eigenvalue weighted by Gasteiger charge is 2.16. The summed E-state index contributed by atoms with van der Waals surface area (Å²) < 4.78 is 0. The SMILES string of the molecule is N#Cc1ccc(N)c(C(=O)CCl)c1O. The van der Waals surface area contributed by atoms with Gasteiger partial charge in [0.05, 0.1) is 17.0 Å². The van der Waals surface area contributed by atoms with Gasteiger partial charge in [-0.05, 0) is 12.1 Å². The van der Waals surface area contributed by atoms with Crippen molar-refractivity contribution in [2.45, 2.75) is 0 Å². The van der Waals surface area contributed by atoms with Crippen molar-refractivity contribution in [2.24, 2.45) is 0 Å². The Hall–Kier alpha value is -1.73. The molecule has 0 aliphatic heterocycles. The number of hydrogen-bond acceptors (Lipinski definition) is 4. The molecule has 0 heterocycles. The number of carbonyl (C=O) groups excluding carboxylic acids is 1. The summed E-state index contributed by atoms with van der Waals surface area (Å²) >= 11 is 5.33. The topological polar surface area (TPSA) is 87.1 Å². The number of nitrogens with two attached hydrogens (primary N) is 1. The maximum Gasteiger partial charge on any atom is 0.183 e. The predicted molar refractivity (Wildman–Crippen MR) is 52.3 cm³/mol. The van der Waals surface area contributed by atoms with Crippen LogP contribution in [0.25, 0.3) is 0 Å². The average Bonchev–Trinajstić information content (AvgIpc) is 2.18. The van der Waals surface area contributed by atoms with Gasteiger partial charge in [-0.1, -0.05) is 0 Å². The molecule has 4 nitrogen and oxygen atoms in total. The summed E-state index contributed by atoms with van der Waals surface area (Å²) in [5.74, 6) is -1.19. The number of anilines is 1. The standard InChI is InChI=1S/C9H7ClN2O2/c10-3-7(13)8-6(12)2-1-5(4-11)9(8)14/h1-2,14H,3,12H2. The Morgan fingerprint density at radius 2 is 2.29 bits per heavy atom.